The number of halogens is 3. The maximum Gasteiger partial charge on any atom is 0.416 e. The number of alkyl halides is 3. The summed E-state index contributed by atoms with van der Waals surface area (Å²) in [4.78, 5) is 8.70. The number of aliphatic hydroxyl groups is 1. The van der Waals surface area contributed by atoms with E-state index in [1.54, 1.807) is 19.2 Å². The number of fused-ring (bicyclic) bond motifs is 1. The smallest absolute Gasteiger partial charge is 0.396 e. The Bertz CT molecular complexity index is 1200. The zero-order valence-electron chi connectivity index (χ0n) is 16.0. The highest BCUT2D eigenvalue weighted by atomic mass is 19.4. The van der Waals surface area contributed by atoms with Crippen LogP contribution in [0.1, 0.15) is 16.8 Å². The van der Waals surface area contributed by atoms with Gasteiger partial charge in [0.2, 0.25) is 5.95 Å². The number of aryl methyl sites for hydroxylation is 1. The van der Waals surface area contributed by atoms with Crippen LogP contribution in [0.5, 0.6) is 0 Å². The second-order valence-corrected chi connectivity index (χ2v) is 6.78. The van der Waals surface area contributed by atoms with Crippen LogP contribution >= 0.6 is 0 Å². The van der Waals surface area contributed by atoms with Crippen molar-refractivity contribution in [2.45, 2.75) is 19.5 Å². The molecule has 9 heteroatoms. The molecule has 4 rings (SSSR count). The maximum atomic E-state index is 13.1. The van der Waals surface area contributed by atoms with Gasteiger partial charge in [-0.05, 0) is 43.2 Å². The lowest BCUT2D eigenvalue weighted by molar-refractivity contribution is -0.137. The number of aliphatic hydroxyl groups excluding tert-OH is 1. The van der Waals surface area contributed by atoms with Crippen molar-refractivity contribution in [3.05, 3.63) is 71.5 Å². The lowest BCUT2D eigenvalue weighted by Gasteiger charge is -2.09. The second-order valence-electron chi connectivity index (χ2n) is 6.78. The molecule has 4 aromatic rings. The van der Waals surface area contributed by atoms with E-state index in [4.69, 9.17) is 5.11 Å². The van der Waals surface area contributed by atoms with Gasteiger partial charge in [-0.3, -0.25) is 0 Å². The second kappa shape index (κ2) is 7.75. The van der Waals surface area contributed by atoms with Gasteiger partial charge in [0.25, 0.3) is 0 Å². The quantitative estimate of drug-likeness (QED) is 0.507. The van der Waals surface area contributed by atoms with Crippen molar-refractivity contribution in [1.29, 1.82) is 0 Å². The molecule has 0 saturated carbocycles. The standard InChI is InChI=1S/C21H18F3N5O/c1-13-18-12-25-20(27-17-7-2-4-14(10-17)8-9-30)28-29(18)19(26-13)15-5-3-6-16(11-15)21(22,23)24/h2-7,10-12,30H,8-9H2,1H3,(H,27,28). The van der Waals surface area contributed by atoms with Crippen LogP contribution in [0.15, 0.2) is 54.7 Å². The van der Waals surface area contributed by atoms with E-state index < -0.39 is 11.7 Å². The van der Waals surface area contributed by atoms with Crippen LogP contribution in [-0.2, 0) is 12.6 Å². The normalized spacial score (nSPS) is 11.8. The third-order valence-corrected chi connectivity index (χ3v) is 4.61. The van der Waals surface area contributed by atoms with Gasteiger partial charge in [0.05, 0.1) is 17.5 Å². The lowest BCUT2D eigenvalue weighted by Crippen LogP contribution is -2.06. The van der Waals surface area contributed by atoms with Gasteiger partial charge in [-0.15, -0.1) is 5.10 Å². The average Bonchev–Trinajstić information content (AvgIpc) is 3.04. The van der Waals surface area contributed by atoms with Crippen LogP contribution in [0, 0.1) is 6.92 Å². The molecule has 0 radical (unpaired) electrons. The molecule has 0 saturated heterocycles. The Morgan fingerprint density at radius 1 is 1.10 bits per heavy atom. The van der Waals surface area contributed by atoms with Gasteiger partial charge >= 0.3 is 6.18 Å². The van der Waals surface area contributed by atoms with Gasteiger partial charge in [-0.2, -0.15) is 13.2 Å². The number of rotatable bonds is 5. The number of hydrogen-bond acceptors (Lipinski definition) is 5. The molecule has 0 unspecified atom stereocenters. The van der Waals surface area contributed by atoms with E-state index in [0.717, 1.165) is 23.4 Å². The number of imidazole rings is 1. The van der Waals surface area contributed by atoms with Gasteiger partial charge in [0.1, 0.15) is 5.52 Å². The Morgan fingerprint density at radius 3 is 2.67 bits per heavy atom. The third-order valence-electron chi connectivity index (χ3n) is 4.61. The Kier molecular flexibility index (Phi) is 5.13. The fraction of sp³-hybridized carbons (Fsp3) is 0.190. The SMILES string of the molecule is Cc1nc(-c2cccc(C(F)(F)F)c2)n2nc(Nc3cccc(CCO)c3)ncc12. The Labute approximate surface area is 170 Å². The van der Waals surface area contributed by atoms with E-state index in [0.29, 0.717) is 29.0 Å². The van der Waals surface area contributed by atoms with Crippen molar-refractivity contribution >= 4 is 17.2 Å². The Balaban J connectivity index is 1.74. The molecule has 2 heterocycles. The third kappa shape index (κ3) is 3.97. The van der Waals surface area contributed by atoms with Crippen LogP contribution in [0.2, 0.25) is 0 Å². The fourth-order valence-corrected chi connectivity index (χ4v) is 3.16. The van der Waals surface area contributed by atoms with Crippen LogP contribution in [0.3, 0.4) is 0 Å². The number of anilines is 2. The van der Waals surface area contributed by atoms with Crippen molar-refractivity contribution in [1.82, 2.24) is 19.6 Å². The van der Waals surface area contributed by atoms with Gasteiger partial charge in [-0.25, -0.2) is 14.5 Å². The molecule has 0 bridgehead atoms. The fourth-order valence-electron chi connectivity index (χ4n) is 3.16. The molecule has 2 aromatic heterocycles. The molecular formula is C21H18F3N5O. The highest BCUT2D eigenvalue weighted by Crippen LogP contribution is 2.32. The number of benzene rings is 2. The first-order chi connectivity index (χ1) is 14.3. The monoisotopic (exact) mass is 413 g/mol. The number of hydrogen-bond donors (Lipinski definition) is 2. The van der Waals surface area contributed by atoms with E-state index in [2.05, 4.69) is 20.4 Å². The molecular weight excluding hydrogens is 395 g/mol. The first-order valence-electron chi connectivity index (χ1n) is 9.22. The van der Waals surface area contributed by atoms with Crippen molar-refractivity contribution in [3.63, 3.8) is 0 Å². The maximum absolute atomic E-state index is 13.1. The highest BCUT2D eigenvalue weighted by molar-refractivity contribution is 5.65. The minimum absolute atomic E-state index is 0.0422. The van der Waals surface area contributed by atoms with E-state index in [1.807, 2.05) is 24.3 Å². The van der Waals surface area contributed by atoms with E-state index in [-0.39, 0.29) is 12.6 Å². The zero-order chi connectivity index (χ0) is 21.3. The number of nitrogens with zero attached hydrogens (tertiary/aromatic N) is 4. The van der Waals surface area contributed by atoms with Crippen molar-refractivity contribution < 1.29 is 18.3 Å². The van der Waals surface area contributed by atoms with Crippen molar-refractivity contribution in [2.75, 3.05) is 11.9 Å². The average molecular weight is 413 g/mol. The molecule has 0 spiro atoms. The van der Waals surface area contributed by atoms with Gasteiger partial charge in [0.15, 0.2) is 5.82 Å². The Hall–Kier alpha value is -3.46. The van der Waals surface area contributed by atoms with E-state index in [9.17, 15) is 13.2 Å². The largest absolute Gasteiger partial charge is 0.416 e. The lowest BCUT2D eigenvalue weighted by atomic mass is 10.1. The van der Waals surface area contributed by atoms with Gasteiger partial charge < -0.3 is 10.4 Å². The molecule has 0 aliphatic carbocycles. The van der Waals surface area contributed by atoms with Gasteiger partial charge in [0, 0.05) is 17.9 Å². The molecule has 0 fully saturated rings. The van der Waals surface area contributed by atoms with Crippen molar-refractivity contribution in [3.8, 4) is 11.4 Å². The van der Waals surface area contributed by atoms with Crippen LogP contribution in [0.4, 0.5) is 24.8 Å². The highest BCUT2D eigenvalue weighted by Gasteiger charge is 2.30. The first kappa shape index (κ1) is 19.8. The van der Waals surface area contributed by atoms with E-state index >= 15 is 0 Å². The molecule has 6 nitrogen and oxygen atoms in total. The summed E-state index contributed by atoms with van der Waals surface area (Å²) in [5.74, 6) is 0.572. The summed E-state index contributed by atoms with van der Waals surface area (Å²) in [6.45, 7) is 1.79. The summed E-state index contributed by atoms with van der Waals surface area (Å²) < 4.78 is 40.8. The predicted octanol–water partition coefficient (Wildman–Crippen LogP) is 4.40. The Morgan fingerprint density at radius 2 is 1.90 bits per heavy atom. The molecule has 0 atom stereocenters. The summed E-state index contributed by atoms with van der Waals surface area (Å²) in [6, 6.07) is 12.4. The minimum Gasteiger partial charge on any atom is -0.396 e. The summed E-state index contributed by atoms with van der Waals surface area (Å²) >= 11 is 0. The van der Waals surface area contributed by atoms with Crippen LogP contribution in [0.25, 0.3) is 16.9 Å². The minimum atomic E-state index is -4.45. The molecule has 0 amide bonds. The summed E-state index contributed by atoms with van der Waals surface area (Å²) in [6.07, 6.45) is -2.35. The van der Waals surface area contributed by atoms with E-state index in [1.165, 1.54) is 10.6 Å². The van der Waals surface area contributed by atoms with Crippen molar-refractivity contribution in [2.24, 2.45) is 0 Å². The summed E-state index contributed by atoms with van der Waals surface area (Å²) in [7, 11) is 0. The predicted molar refractivity (Wildman–Crippen MR) is 106 cm³/mol. The molecule has 2 aromatic carbocycles. The first-order valence-corrected chi connectivity index (χ1v) is 9.22. The van der Waals surface area contributed by atoms with Gasteiger partial charge in [-0.1, -0.05) is 24.3 Å². The molecule has 0 aliphatic rings. The zero-order valence-corrected chi connectivity index (χ0v) is 16.0. The summed E-state index contributed by atoms with van der Waals surface area (Å²) in [5.41, 5.74) is 2.45. The molecule has 0 aliphatic heterocycles. The molecule has 2 N–H and O–H groups in total. The van der Waals surface area contributed by atoms with Crippen LogP contribution < -0.4 is 5.32 Å². The summed E-state index contributed by atoms with van der Waals surface area (Å²) in [5, 5.41) is 16.6. The number of aromatic nitrogens is 4. The number of nitrogens with one attached hydrogen (secondary N) is 1. The topological polar surface area (TPSA) is 75.3 Å². The van der Waals surface area contributed by atoms with Crippen LogP contribution in [-0.4, -0.2) is 31.3 Å². The molecule has 154 valence electrons. The molecule has 30 heavy (non-hydrogen) atoms.